The van der Waals surface area contributed by atoms with Crippen LogP contribution in [0, 0.1) is 5.92 Å². The third-order valence-electron chi connectivity index (χ3n) is 3.49. The van der Waals surface area contributed by atoms with Crippen LogP contribution in [0.15, 0.2) is 0 Å². The fraction of sp³-hybridized carbons (Fsp3) is 0.923. The van der Waals surface area contributed by atoms with E-state index >= 15 is 0 Å². The minimum Gasteiger partial charge on any atom is -0.469 e. The highest BCUT2D eigenvalue weighted by molar-refractivity contribution is 7.99. The molecule has 1 fully saturated rings. The Bertz CT molecular complexity index is 235. The van der Waals surface area contributed by atoms with Gasteiger partial charge >= 0.3 is 5.97 Å². The number of nitrogens with zero attached hydrogens (tertiary/aromatic N) is 1. The Balaban J connectivity index is 2.09. The van der Waals surface area contributed by atoms with E-state index < -0.39 is 0 Å². The number of ether oxygens (including phenoxy) is 1. The normalized spacial score (nSPS) is 23.4. The fourth-order valence-electron chi connectivity index (χ4n) is 2.26. The first kappa shape index (κ1) is 14.8. The van der Waals surface area contributed by atoms with E-state index in [0.29, 0.717) is 0 Å². The Hall–Kier alpha value is -0.220. The van der Waals surface area contributed by atoms with Gasteiger partial charge in [0, 0.05) is 11.8 Å². The van der Waals surface area contributed by atoms with E-state index in [1.54, 1.807) is 0 Å². The molecule has 3 nitrogen and oxygen atoms in total. The SMILES string of the molecule is COC(=O)C(C)CSCCC1CCCCN1C. The lowest BCUT2D eigenvalue weighted by atomic mass is 10.0. The van der Waals surface area contributed by atoms with Crippen LogP contribution in [0.5, 0.6) is 0 Å². The second-order valence-corrected chi connectivity index (χ2v) is 6.07. The zero-order chi connectivity index (χ0) is 12.7. The van der Waals surface area contributed by atoms with Gasteiger partial charge in [-0.25, -0.2) is 0 Å². The second-order valence-electron chi connectivity index (χ2n) is 4.92. The summed E-state index contributed by atoms with van der Waals surface area (Å²) in [5.41, 5.74) is 0. The van der Waals surface area contributed by atoms with E-state index in [0.717, 1.165) is 17.5 Å². The summed E-state index contributed by atoms with van der Waals surface area (Å²) in [7, 11) is 3.69. The highest BCUT2D eigenvalue weighted by Gasteiger charge is 2.18. The molecule has 1 heterocycles. The number of thioether (sulfide) groups is 1. The summed E-state index contributed by atoms with van der Waals surface area (Å²) in [5, 5.41) is 0. The number of methoxy groups -OCH3 is 1. The third kappa shape index (κ3) is 5.30. The average Bonchev–Trinajstić information content (AvgIpc) is 2.35. The van der Waals surface area contributed by atoms with Gasteiger partial charge in [0.25, 0.3) is 0 Å². The zero-order valence-electron chi connectivity index (χ0n) is 11.3. The molecule has 0 saturated carbocycles. The van der Waals surface area contributed by atoms with Crippen molar-refractivity contribution in [3.05, 3.63) is 0 Å². The summed E-state index contributed by atoms with van der Waals surface area (Å²) >= 11 is 1.87. The van der Waals surface area contributed by atoms with E-state index in [1.807, 2.05) is 18.7 Å². The van der Waals surface area contributed by atoms with Crippen molar-refractivity contribution in [1.29, 1.82) is 0 Å². The van der Waals surface area contributed by atoms with Crippen LogP contribution in [0.1, 0.15) is 32.6 Å². The number of carbonyl (C=O) groups is 1. The van der Waals surface area contributed by atoms with E-state index in [-0.39, 0.29) is 11.9 Å². The van der Waals surface area contributed by atoms with Crippen LogP contribution in [0.4, 0.5) is 0 Å². The van der Waals surface area contributed by atoms with E-state index in [2.05, 4.69) is 11.9 Å². The van der Waals surface area contributed by atoms with Crippen LogP contribution in [-0.2, 0) is 9.53 Å². The first-order chi connectivity index (χ1) is 8.15. The van der Waals surface area contributed by atoms with Crippen molar-refractivity contribution in [1.82, 2.24) is 4.90 Å². The molecular weight excluding hydrogens is 234 g/mol. The standard InChI is InChI=1S/C13H25NO2S/c1-11(13(15)16-3)10-17-9-7-12-6-4-5-8-14(12)2/h11-12H,4-10H2,1-3H3. The van der Waals surface area contributed by atoms with Crippen molar-refractivity contribution in [2.45, 2.75) is 38.6 Å². The number of rotatable bonds is 6. The molecule has 0 bridgehead atoms. The van der Waals surface area contributed by atoms with E-state index in [4.69, 9.17) is 4.74 Å². The Morgan fingerprint density at radius 3 is 2.94 bits per heavy atom. The van der Waals surface area contributed by atoms with E-state index in [1.165, 1.54) is 39.3 Å². The molecule has 1 aliphatic heterocycles. The Labute approximate surface area is 109 Å². The third-order valence-corrected chi connectivity index (χ3v) is 4.75. The van der Waals surface area contributed by atoms with Gasteiger partial charge < -0.3 is 9.64 Å². The van der Waals surface area contributed by atoms with Crippen molar-refractivity contribution < 1.29 is 9.53 Å². The molecule has 100 valence electrons. The largest absolute Gasteiger partial charge is 0.469 e. The van der Waals surface area contributed by atoms with Crippen LogP contribution < -0.4 is 0 Å². The molecule has 0 amide bonds. The summed E-state index contributed by atoms with van der Waals surface area (Å²) in [6.45, 7) is 3.18. The molecule has 2 unspecified atom stereocenters. The van der Waals surface area contributed by atoms with Gasteiger partial charge in [-0.1, -0.05) is 13.3 Å². The molecule has 0 spiro atoms. The smallest absolute Gasteiger partial charge is 0.309 e. The molecule has 0 radical (unpaired) electrons. The van der Waals surface area contributed by atoms with Gasteiger partial charge in [0.15, 0.2) is 0 Å². The second kappa shape index (κ2) is 7.98. The van der Waals surface area contributed by atoms with Crippen LogP contribution in [-0.4, -0.2) is 49.1 Å². The van der Waals surface area contributed by atoms with Gasteiger partial charge in [-0.2, -0.15) is 11.8 Å². The monoisotopic (exact) mass is 259 g/mol. The summed E-state index contributed by atoms with van der Waals surface area (Å²) in [5.74, 6) is 1.96. The van der Waals surface area contributed by atoms with Gasteiger partial charge in [0.2, 0.25) is 0 Å². The predicted octanol–water partition coefficient (Wildman–Crippen LogP) is 2.40. The maximum Gasteiger partial charge on any atom is 0.309 e. The average molecular weight is 259 g/mol. The Morgan fingerprint density at radius 1 is 1.53 bits per heavy atom. The highest BCUT2D eigenvalue weighted by Crippen LogP contribution is 2.20. The van der Waals surface area contributed by atoms with E-state index in [9.17, 15) is 4.79 Å². The van der Waals surface area contributed by atoms with Gasteiger partial charge in [-0.05, 0) is 38.6 Å². The van der Waals surface area contributed by atoms with Gasteiger partial charge in [0.1, 0.15) is 0 Å². The molecule has 0 aliphatic carbocycles. The molecule has 1 saturated heterocycles. The Morgan fingerprint density at radius 2 is 2.29 bits per heavy atom. The topological polar surface area (TPSA) is 29.5 Å². The van der Waals surface area contributed by atoms with Crippen molar-refractivity contribution >= 4 is 17.7 Å². The fourth-order valence-corrected chi connectivity index (χ4v) is 3.35. The highest BCUT2D eigenvalue weighted by atomic mass is 32.2. The molecule has 0 aromatic carbocycles. The van der Waals surface area contributed by atoms with Crippen LogP contribution in [0.25, 0.3) is 0 Å². The summed E-state index contributed by atoms with van der Waals surface area (Å²) < 4.78 is 4.72. The summed E-state index contributed by atoms with van der Waals surface area (Å²) in [6.07, 6.45) is 5.30. The van der Waals surface area contributed by atoms with Crippen molar-refractivity contribution in [3.63, 3.8) is 0 Å². The minimum absolute atomic E-state index is 0.0223. The molecule has 0 N–H and O–H groups in total. The maximum atomic E-state index is 11.2. The molecule has 0 aromatic heterocycles. The molecule has 2 atom stereocenters. The van der Waals surface area contributed by atoms with Gasteiger partial charge in [-0.15, -0.1) is 0 Å². The van der Waals surface area contributed by atoms with Crippen LogP contribution in [0.2, 0.25) is 0 Å². The first-order valence-electron chi connectivity index (χ1n) is 6.51. The molecule has 1 aliphatic rings. The molecule has 17 heavy (non-hydrogen) atoms. The quantitative estimate of drug-likeness (QED) is 0.541. The van der Waals surface area contributed by atoms with Crippen LogP contribution >= 0.6 is 11.8 Å². The number of piperidine rings is 1. The van der Waals surface area contributed by atoms with Crippen molar-refractivity contribution in [3.8, 4) is 0 Å². The summed E-state index contributed by atoms with van der Waals surface area (Å²) in [6, 6.07) is 0.754. The number of hydrogen-bond donors (Lipinski definition) is 0. The number of esters is 1. The minimum atomic E-state index is -0.0905. The van der Waals surface area contributed by atoms with Gasteiger partial charge in [-0.3, -0.25) is 4.79 Å². The lowest BCUT2D eigenvalue weighted by Crippen LogP contribution is -2.36. The van der Waals surface area contributed by atoms with Gasteiger partial charge in [0.05, 0.1) is 13.0 Å². The van der Waals surface area contributed by atoms with Crippen LogP contribution in [0.3, 0.4) is 0 Å². The zero-order valence-corrected chi connectivity index (χ0v) is 12.1. The lowest BCUT2D eigenvalue weighted by Gasteiger charge is -2.32. The van der Waals surface area contributed by atoms with Crippen molar-refractivity contribution in [2.24, 2.45) is 5.92 Å². The summed E-state index contributed by atoms with van der Waals surface area (Å²) in [4.78, 5) is 13.7. The molecule has 0 aromatic rings. The number of hydrogen-bond acceptors (Lipinski definition) is 4. The number of carbonyl (C=O) groups excluding carboxylic acids is 1. The maximum absolute atomic E-state index is 11.2. The predicted molar refractivity (Wildman–Crippen MR) is 73.4 cm³/mol. The number of likely N-dealkylation sites (tertiary alicyclic amines) is 1. The lowest BCUT2D eigenvalue weighted by molar-refractivity contribution is -0.143. The molecule has 4 heteroatoms. The first-order valence-corrected chi connectivity index (χ1v) is 7.66. The molecule has 1 rings (SSSR count). The van der Waals surface area contributed by atoms with Crippen molar-refractivity contribution in [2.75, 3.05) is 32.2 Å². The Kier molecular flexibility index (Phi) is 6.97. The molecular formula is C13H25NO2S.